The van der Waals surface area contributed by atoms with Gasteiger partial charge in [-0.2, -0.15) is 13.2 Å². The minimum absolute atomic E-state index is 0.396. The van der Waals surface area contributed by atoms with Crippen molar-refractivity contribution in [2.24, 2.45) is 0 Å². The number of carboxylic acids is 1. The summed E-state index contributed by atoms with van der Waals surface area (Å²) >= 11 is 0. The van der Waals surface area contributed by atoms with E-state index >= 15 is 0 Å². The largest absolute Gasteiger partial charge is 0.490 e. The Morgan fingerprint density at radius 1 is 1.35 bits per heavy atom. The molecule has 0 amide bonds. The molecule has 2 N–H and O–H groups in total. The average molecular weight is 334 g/mol. The highest BCUT2D eigenvalue weighted by atomic mass is 19.4. The van der Waals surface area contributed by atoms with Crippen LogP contribution in [0.5, 0.6) is 5.75 Å². The number of halogens is 3. The number of hydrogen-bond acceptors (Lipinski definition) is 6. The molecule has 1 aromatic rings. The van der Waals surface area contributed by atoms with Crippen LogP contribution in [-0.4, -0.2) is 59.5 Å². The van der Waals surface area contributed by atoms with Gasteiger partial charge >= 0.3 is 12.1 Å². The molecule has 10 heteroatoms. The van der Waals surface area contributed by atoms with Crippen LogP contribution >= 0.6 is 0 Å². The molecule has 0 aromatic carbocycles. The molecule has 2 fully saturated rings. The molecule has 1 aromatic heterocycles. The highest BCUT2D eigenvalue weighted by molar-refractivity contribution is 5.73. The first kappa shape index (κ1) is 17.3. The molecule has 1 aliphatic carbocycles. The van der Waals surface area contributed by atoms with E-state index in [2.05, 4.69) is 20.2 Å². The molecule has 0 atom stereocenters. The third kappa shape index (κ3) is 5.55. The van der Waals surface area contributed by atoms with E-state index in [9.17, 15) is 13.2 Å². The van der Waals surface area contributed by atoms with Crippen LogP contribution in [0.15, 0.2) is 12.5 Å². The number of nitrogens with one attached hydrogen (secondary N) is 1. The second kappa shape index (κ2) is 7.44. The number of rotatable bonds is 3. The Kier molecular flexibility index (Phi) is 5.59. The van der Waals surface area contributed by atoms with Crippen LogP contribution < -0.4 is 15.0 Å². The average Bonchev–Trinajstić information content (AvgIpc) is 3.32. The standard InChI is InChI=1S/C11H16N4O.C2HF3O2/c1-2-9(1)16-10-7-13-8-14-11(10)15-5-3-12-4-6-15;3-2(4,5)1(6)7/h7-9,12H,1-6H2;(H,6,7). The van der Waals surface area contributed by atoms with Gasteiger partial charge in [-0.05, 0) is 12.8 Å². The van der Waals surface area contributed by atoms with Crippen LogP contribution in [0.1, 0.15) is 12.8 Å². The van der Waals surface area contributed by atoms with Crippen molar-refractivity contribution < 1.29 is 27.8 Å². The van der Waals surface area contributed by atoms with Gasteiger partial charge in [-0.1, -0.05) is 0 Å². The van der Waals surface area contributed by atoms with E-state index in [1.165, 1.54) is 0 Å². The Bertz CT molecular complexity index is 531. The topological polar surface area (TPSA) is 87.6 Å². The quantitative estimate of drug-likeness (QED) is 0.854. The molecule has 3 rings (SSSR count). The monoisotopic (exact) mass is 334 g/mol. The molecule has 128 valence electrons. The van der Waals surface area contributed by atoms with E-state index in [0.717, 1.165) is 50.6 Å². The summed E-state index contributed by atoms with van der Waals surface area (Å²) in [5.41, 5.74) is 0. The predicted octanol–water partition coefficient (Wildman–Crippen LogP) is 1.06. The van der Waals surface area contributed by atoms with Crippen LogP contribution in [0.25, 0.3) is 0 Å². The van der Waals surface area contributed by atoms with Crippen molar-refractivity contribution in [1.82, 2.24) is 15.3 Å². The molecule has 7 nitrogen and oxygen atoms in total. The lowest BCUT2D eigenvalue weighted by atomic mass is 10.3. The summed E-state index contributed by atoms with van der Waals surface area (Å²) in [7, 11) is 0. The van der Waals surface area contributed by atoms with Crippen molar-refractivity contribution >= 4 is 11.8 Å². The molecule has 2 aliphatic rings. The molecule has 0 unspecified atom stereocenters. The minimum atomic E-state index is -5.08. The minimum Gasteiger partial charge on any atom is -0.485 e. The second-order valence-corrected chi connectivity index (χ2v) is 5.07. The molecule has 1 aliphatic heterocycles. The van der Waals surface area contributed by atoms with Gasteiger partial charge in [0.2, 0.25) is 0 Å². The Morgan fingerprint density at radius 3 is 2.48 bits per heavy atom. The van der Waals surface area contributed by atoms with Crippen LogP contribution in [0.2, 0.25) is 0 Å². The summed E-state index contributed by atoms with van der Waals surface area (Å²) < 4.78 is 37.6. The van der Waals surface area contributed by atoms with Crippen LogP contribution in [-0.2, 0) is 4.79 Å². The Hall–Kier alpha value is -2.10. The molecule has 23 heavy (non-hydrogen) atoms. The third-order valence-electron chi connectivity index (χ3n) is 3.14. The summed E-state index contributed by atoms with van der Waals surface area (Å²) in [4.78, 5) is 19.5. The molecular formula is C13H17F3N4O3. The number of anilines is 1. The number of aliphatic carboxylic acids is 1. The SMILES string of the molecule is O=C(O)C(F)(F)F.c1ncc(OC2CC2)c(N2CCNCC2)n1. The van der Waals surface area contributed by atoms with Gasteiger partial charge in [0, 0.05) is 26.2 Å². The van der Waals surface area contributed by atoms with Gasteiger partial charge in [0.05, 0.1) is 12.3 Å². The fourth-order valence-electron chi connectivity index (χ4n) is 1.87. The maximum absolute atomic E-state index is 10.6. The van der Waals surface area contributed by atoms with Crippen LogP contribution in [0, 0.1) is 0 Å². The van der Waals surface area contributed by atoms with Crippen molar-refractivity contribution in [3.8, 4) is 5.75 Å². The zero-order chi connectivity index (χ0) is 16.9. The smallest absolute Gasteiger partial charge is 0.485 e. The van der Waals surface area contributed by atoms with E-state index < -0.39 is 12.1 Å². The van der Waals surface area contributed by atoms with Gasteiger partial charge in [0.15, 0.2) is 11.6 Å². The van der Waals surface area contributed by atoms with E-state index in [4.69, 9.17) is 14.6 Å². The first-order valence-corrected chi connectivity index (χ1v) is 7.10. The van der Waals surface area contributed by atoms with E-state index in [1.807, 2.05) is 0 Å². The van der Waals surface area contributed by atoms with Gasteiger partial charge in [-0.3, -0.25) is 0 Å². The molecule has 0 spiro atoms. The van der Waals surface area contributed by atoms with Crippen molar-refractivity contribution in [2.75, 3.05) is 31.1 Å². The lowest BCUT2D eigenvalue weighted by Crippen LogP contribution is -2.44. The van der Waals surface area contributed by atoms with E-state index in [1.54, 1.807) is 12.5 Å². The zero-order valence-electron chi connectivity index (χ0n) is 12.2. The summed E-state index contributed by atoms with van der Waals surface area (Å²) in [6.45, 7) is 3.98. The van der Waals surface area contributed by atoms with Gasteiger partial charge in [-0.15, -0.1) is 0 Å². The number of alkyl halides is 3. The van der Waals surface area contributed by atoms with E-state index in [-0.39, 0.29) is 0 Å². The summed E-state index contributed by atoms with van der Waals surface area (Å²) in [5, 5.41) is 10.5. The highest BCUT2D eigenvalue weighted by Gasteiger charge is 2.38. The number of carboxylic acid groups (broad SMARTS) is 1. The lowest BCUT2D eigenvalue weighted by Gasteiger charge is -2.29. The number of ether oxygens (including phenoxy) is 1. The fraction of sp³-hybridized carbons (Fsp3) is 0.615. The fourth-order valence-corrected chi connectivity index (χ4v) is 1.87. The van der Waals surface area contributed by atoms with Gasteiger partial charge in [0.25, 0.3) is 0 Å². The number of hydrogen-bond donors (Lipinski definition) is 2. The molecule has 0 bridgehead atoms. The zero-order valence-corrected chi connectivity index (χ0v) is 12.2. The van der Waals surface area contributed by atoms with E-state index in [0.29, 0.717) is 6.10 Å². The Balaban J connectivity index is 0.000000236. The maximum atomic E-state index is 10.6. The maximum Gasteiger partial charge on any atom is 0.490 e. The van der Waals surface area contributed by atoms with Crippen molar-refractivity contribution in [2.45, 2.75) is 25.1 Å². The normalized spacial score (nSPS) is 18.0. The van der Waals surface area contributed by atoms with Gasteiger partial charge in [0.1, 0.15) is 6.33 Å². The van der Waals surface area contributed by atoms with Crippen LogP contribution in [0.3, 0.4) is 0 Å². The first-order chi connectivity index (χ1) is 10.9. The first-order valence-electron chi connectivity index (χ1n) is 7.10. The lowest BCUT2D eigenvalue weighted by molar-refractivity contribution is -0.192. The number of aromatic nitrogens is 2. The Labute approximate surface area is 130 Å². The van der Waals surface area contributed by atoms with Crippen molar-refractivity contribution in [1.29, 1.82) is 0 Å². The third-order valence-corrected chi connectivity index (χ3v) is 3.14. The van der Waals surface area contributed by atoms with Gasteiger partial charge in [-0.25, -0.2) is 14.8 Å². The van der Waals surface area contributed by atoms with Crippen molar-refractivity contribution in [3.63, 3.8) is 0 Å². The number of nitrogens with zero attached hydrogens (tertiary/aromatic N) is 3. The van der Waals surface area contributed by atoms with Crippen LogP contribution in [0.4, 0.5) is 19.0 Å². The summed E-state index contributed by atoms with van der Waals surface area (Å²) in [6.07, 6.45) is 1.01. The molecule has 2 heterocycles. The Morgan fingerprint density at radius 2 is 1.96 bits per heavy atom. The number of piperazine rings is 1. The molecule has 0 radical (unpaired) electrons. The summed E-state index contributed by atoms with van der Waals surface area (Å²) in [5.74, 6) is -0.970. The molecule has 1 saturated carbocycles. The molecule has 1 saturated heterocycles. The second-order valence-electron chi connectivity index (χ2n) is 5.07. The van der Waals surface area contributed by atoms with Gasteiger partial charge < -0.3 is 20.1 Å². The van der Waals surface area contributed by atoms with Crippen molar-refractivity contribution in [3.05, 3.63) is 12.5 Å². The predicted molar refractivity (Wildman–Crippen MR) is 74.5 cm³/mol. The highest BCUT2D eigenvalue weighted by Crippen LogP contribution is 2.31. The summed E-state index contributed by atoms with van der Waals surface area (Å²) in [6, 6.07) is 0. The number of carbonyl (C=O) groups is 1. The molecular weight excluding hydrogens is 317 g/mol.